The molecule has 1 heterocycles. The van der Waals surface area contributed by atoms with Crippen molar-refractivity contribution in [3.8, 4) is 5.75 Å². The van der Waals surface area contributed by atoms with E-state index in [9.17, 15) is 9.50 Å². The zero-order valence-electron chi connectivity index (χ0n) is 11.0. The third kappa shape index (κ3) is 2.64. The molecule has 0 bridgehead atoms. The van der Waals surface area contributed by atoms with E-state index in [2.05, 4.69) is 13.8 Å². The number of thioether (sulfide) groups is 1. The molecule has 0 aromatic heterocycles. The molecule has 0 aliphatic carbocycles. The largest absolute Gasteiger partial charge is 0.497 e. The maximum absolute atomic E-state index is 14.1. The van der Waals surface area contributed by atoms with Crippen molar-refractivity contribution in [1.29, 1.82) is 0 Å². The lowest BCUT2D eigenvalue weighted by atomic mass is 9.78. The van der Waals surface area contributed by atoms with Gasteiger partial charge in [0.25, 0.3) is 0 Å². The Morgan fingerprint density at radius 3 is 2.61 bits per heavy atom. The molecule has 4 heteroatoms. The van der Waals surface area contributed by atoms with Gasteiger partial charge in [0.15, 0.2) is 0 Å². The first-order valence-corrected chi connectivity index (χ1v) is 7.16. The number of halogens is 1. The summed E-state index contributed by atoms with van der Waals surface area (Å²) >= 11 is 1.67. The normalized spacial score (nSPS) is 26.9. The molecule has 1 atom stereocenters. The summed E-state index contributed by atoms with van der Waals surface area (Å²) in [6.45, 7) is 4.21. The first kappa shape index (κ1) is 13.7. The smallest absolute Gasteiger partial charge is 0.133 e. The molecule has 0 radical (unpaired) electrons. The molecule has 1 N–H and O–H groups in total. The molecular weight excluding hydrogens is 251 g/mol. The predicted octanol–water partition coefficient (Wildman–Crippen LogP) is 3.19. The summed E-state index contributed by atoms with van der Waals surface area (Å²) in [6.07, 6.45) is 0.580. The van der Waals surface area contributed by atoms with Crippen molar-refractivity contribution in [1.82, 2.24) is 0 Å². The van der Waals surface area contributed by atoms with Gasteiger partial charge in [0.1, 0.15) is 17.2 Å². The Morgan fingerprint density at radius 2 is 2.06 bits per heavy atom. The van der Waals surface area contributed by atoms with Crippen molar-refractivity contribution in [3.05, 3.63) is 29.6 Å². The fourth-order valence-electron chi connectivity index (χ4n) is 2.56. The Balaban J connectivity index is 2.35. The van der Waals surface area contributed by atoms with Crippen LogP contribution in [-0.2, 0) is 5.60 Å². The number of hydrogen-bond acceptors (Lipinski definition) is 3. The summed E-state index contributed by atoms with van der Waals surface area (Å²) in [6, 6.07) is 4.67. The van der Waals surface area contributed by atoms with Gasteiger partial charge in [0.2, 0.25) is 0 Å². The lowest BCUT2D eigenvalue weighted by Crippen LogP contribution is -2.40. The second-order valence-electron chi connectivity index (χ2n) is 5.71. The molecule has 1 aromatic rings. The maximum atomic E-state index is 14.1. The van der Waals surface area contributed by atoms with Crippen molar-refractivity contribution < 1.29 is 14.2 Å². The van der Waals surface area contributed by atoms with E-state index in [0.29, 0.717) is 23.5 Å². The maximum Gasteiger partial charge on any atom is 0.133 e. The van der Waals surface area contributed by atoms with E-state index in [1.807, 2.05) is 0 Å². The van der Waals surface area contributed by atoms with Gasteiger partial charge < -0.3 is 9.84 Å². The molecule has 1 fully saturated rings. The minimum Gasteiger partial charge on any atom is -0.497 e. The van der Waals surface area contributed by atoms with E-state index in [1.54, 1.807) is 23.9 Å². The van der Waals surface area contributed by atoms with Crippen molar-refractivity contribution in [3.63, 3.8) is 0 Å². The van der Waals surface area contributed by atoms with Crippen LogP contribution in [0.4, 0.5) is 4.39 Å². The number of aliphatic hydroxyl groups is 1. The van der Waals surface area contributed by atoms with Gasteiger partial charge >= 0.3 is 0 Å². The highest BCUT2D eigenvalue weighted by molar-refractivity contribution is 7.99. The van der Waals surface area contributed by atoms with E-state index in [1.165, 1.54) is 13.2 Å². The van der Waals surface area contributed by atoms with Gasteiger partial charge in [0.05, 0.1) is 7.11 Å². The highest BCUT2D eigenvalue weighted by Crippen LogP contribution is 2.45. The molecule has 2 nitrogen and oxygen atoms in total. The molecular formula is C14H19FO2S. The van der Waals surface area contributed by atoms with Gasteiger partial charge in [-0.2, -0.15) is 11.8 Å². The molecule has 0 amide bonds. The minimum atomic E-state index is -1.08. The average molecular weight is 270 g/mol. The molecule has 1 aliphatic heterocycles. The van der Waals surface area contributed by atoms with Crippen LogP contribution in [0.2, 0.25) is 0 Å². The third-order valence-corrected chi connectivity index (χ3v) is 4.95. The Morgan fingerprint density at radius 1 is 1.33 bits per heavy atom. The summed E-state index contributed by atoms with van der Waals surface area (Å²) in [4.78, 5) is 0. The lowest BCUT2D eigenvalue weighted by Gasteiger charge is -2.41. The molecule has 1 aromatic carbocycles. The molecule has 0 saturated carbocycles. The van der Waals surface area contributed by atoms with Crippen LogP contribution in [0.15, 0.2) is 18.2 Å². The van der Waals surface area contributed by atoms with Gasteiger partial charge in [-0.1, -0.05) is 13.8 Å². The monoisotopic (exact) mass is 270 g/mol. The van der Waals surface area contributed by atoms with Gasteiger partial charge in [0, 0.05) is 17.4 Å². The molecule has 18 heavy (non-hydrogen) atoms. The Labute approximate surface area is 112 Å². The SMILES string of the molecule is COc1ccc(C2(O)CSCC(C)(C)C2)c(F)c1. The fraction of sp³-hybridized carbons (Fsp3) is 0.571. The molecule has 1 aliphatic rings. The van der Waals surface area contributed by atoms with Crippen LogP contribution in [0.3, 0.4) is 0 Å². The van der Waals surface area contributed by atoms with Gasteiger partial charge in [-0.05, 0) is 29.7 Å². The van der Waals surface area contributed by atoms with Gasteiger partial charge in [-0.15, -0.1) is 0 Å². The van der Waals surface area contributed by atoms with Crippen molar-refractivity contribution in [2.75, 3.05) is 18.6 Å². The summed E-state index contributed by atoms with van der Waals surface area (Å²) in [5.74, 6) is 1.62. The highest BCUT2D eigenvalue weighted by Gasteiger charge is 2.41. The minimum absolute atomic E-state index is 0.0179. The Kier molecular flexibility index (Phi) is 3.60. The molecule has 100 valence electrons. The third-order valence-electron chi connectivity index (χ3n) is 3.28. The fourth-order valence-corrected chi connectivity index (χ4v) is 3.92. The van der Waals surface area contributed by atoms with Gasteiger partial charge in [-0.3, -0.25) is 0 Å². The van der Waals surface area contributed by atoms with Crippen LogP contribution in [0.1, 0.15) is 25.8 Å². The summed E-state index contributed by atoms with van der Waals surface area (Å²) in [5, 5.41) is 10.7. The number of benzene rings is 1. The summed E-state index contributed by atoms with van der Waals surface area (Å²) in [7, 11) is 1.50. The van der Waals surface area contributed by atoms with E-state index >= 15 is 0 Å². The number of methoxy groups -OCH3 is 1. The second kappa shape index (κ2) is 4.74. The topological polar surface area (TPSA) is 29.5 Å². The summed E-state index contributed by atoms with van der Waals surface area (Å²) < 4.78 is 19.1. The van der Waals surface area contributed by atoms with Crippen LogP contribution >= 0.6 is 11.8 Å². The predicted molar refractivity (Wildman–Crippen MR) is 72.6 cm³/mol. The average Bonchev–Trinajstić information content (AvgIpc) is 2.26. The highest BCUT2D eigenvalue weighted by atomic mass is 32.2. The van der Waals surface area contributed by atoms with E-state index in [0.717, 1.165) is 5.75 Å². The van der Waals surface area contributed by atoms with Crippen molar-refractivity contribution in [2.24, 2.45) is 5.41 Å². The van der Waals surface area contributed by atoms with E-state index in [4.69, 9.17) is 4.74 Å². The molecule has 1 unspecified atom stereocenters. The van der Waals surface area contributed by atoms with Crippen molar-refractivity contribution in [2.45, 2.75) is 25.9 Å². The first-order valence-electron chi connectivity index (χ1n) is 6.00. The van der Waals surface area contributed by atoms with E-state index < -0.39 is 11.4 Å². The first-order chi connectivity index (χ1) is 8.36. The van der Waals surface area contributed by atoms with Crippen LogP contribution in [0, 0.1) is 11.2 Å². The molecule has 0 spiro atoms. The van der Waals surface area contributed by atoms with Crippen LogP contribution < -0.4 is 4.74 Å². The van der Waals surface area contributed by atoms with Gasteiger partial charge in [-0.25, -0.2) is 4.39 Å². The summed E-state index contributed by atoms with van der Waals surface area (Å²) in [5.41, 5.74) is -0.684. The zero-order chi connectivity index (χ0) is 13.4. The Bertz CT molecular complexity index is 447. The zero-order valence-corrected chi connectivity index (χ0v) is 11.8. The standard InChI is InChI=1S/C14H19FO2S/c1-13(2)7-14(16,9-18-8-13)11-5-4-10(17-3)6-12(11)15/h4-6,16H,7-9H2,1-3H3. The lowest BCUT2D eigenvalue weighted by molar-refractivity contribution is 0.0125. The number of hydrogen-bond donors (Lipinski definition) is 1. The second-order valence-corrected chi connectivity index (χ2v) is 6.70. The van der Waals surface area contributed by atoms with Crippen LogP contribution in [0.5, 0.6) is 5.75 Å². The molecule has 2 rings (SSSR count). The molecule has 1 saturated heterocycles. The van der Waals surface area contributed by atoms with Crippen LogP contribution in [-0.4, -0.2) is 23.7 Å². The Hall–Kier alpha value is -0.740. The van der Waals surface area contributed by atoms with E-state index in [-0.39, 0.29) is 5.41 Å². The number of ether oxygens (including phenoxy) is 1. The van der Waals surface area contributed by atoms with Crippen LogP contribution in [0.25, 0.3) is 0 Å². The quantitative estimate of drug-likeness (QED) is 0.895. The number of rotatable bonds is 2. The van der Waals surface area contributed by atoms with Crippen molar-refractivity contribution >= 4 is 11.8 Å².